The Balaban J connectivity index is 0.00000264. The van der Waals surface area contributed by atoms with Gasteiger partial charge in [-0.05, 0) is 42.7 Å². The molecule has 0 aliphatic heterocycles. The van der Waals surface area contributed by atoms with Crippen LogP contribution in [0.1, 0.15) is 17.5 Å². The highest BCUT2D eigenvalue weighted by atomic mass is 35.5. The van der Waals surface area contributed by atoms with Crippen LogP contribution in [0.15, 0.2) is 48.5 Å². The predicted octanol–water partition coefficient (Wildman–Crippen LogP) is 3.13. The van der Waals surface area contributed by atoms with Gasteiger partial charge in [-0.3, -0.25) is 4.79 Å². The molecule has 5 heteroatoms. The number of anilines is 1. The van der Waals surface area contributed by atoms with Gasteiger partial charge in [0.15, 0.2) is 0 Å². The summed E-state index contributed by atoms with van der Waals surface area (Å²) in [6.45, 7) is 2.98. The fourth-order valence-corrected chi connectivity index (χ4v) is 2.16. The summed E-state index contributed by atoms with van der Waals surface area (Å²) in [5, 5.41) is 2.85. The average Bonchev–Trinajstić information content (AvgIpc) is 2.51. The smallest absolute Gasteiger partial charge is 0.220 e. The van der Waals surface area contributed by atoms with Crippen LogP contribution in [0.3, 0.4) is 0 Å². The van der Waals surface area contributed by atoms with Crippen molar-refractivity contribution in [3.05, 3.63) is 59.7 Å². The van der Waals surface area contributed by atoms with E-state index in [0.717, 1.165) is 22.6 Å². The number of nitrogens with two attached hydrogens (primary N) is 1. The van der Waals surface area contributed by atoms with Gasteiger partial charge in [-0.2, -0.15) is 0 Å². The van der Waals surface area contributed by atoms with Gasteiger partial charge in [0, 0.05) is 12.1 Å². The van der Waals surface area contributed by atoms with Crippen molar-refractivity contribution in [2.75, 3.05) is 18.9 Å². The van der Waals surface area contributed by atoms with Gasteiger partial charge in [-0.25, -0.2) is 0 Å². The lowest BCUT2D eigenvalue weighted by Gasteiger charge is -2.09. The second-order valence-corrected chi connectivity index (χ2v) is 5.21. The zero-order chi connectivity index (χ0) is 15.8. The highest BCUT2D eigenvalue weighted by Crippen LogP contribution is 2.13. The summed E-state index contributed by atoms with van der Waals surface area (Å²) in [6.07, 6.45) is 1.08. The standard InChI is InChI=1S/C18H22N2O2.ClH/c1-14-5-4-7-16(13-14)22-12-11-20-18(21)10-9-15-6-2-3-8-17(15)19;/h2-8,13H,9-12,19H2,1H3,(H,20,21);1H. The molecule has 2 rings (SSSR count). The van der Waals surface area contributed by atoms with Gasteiger partial charge in [0.1, 0.15) is 12.4 Å². The number of benzene rings is 2. The van der Waals surface area contributed by atoms with E-state index in [1.807, 2.05) is 55.5 Å². The van der Waals surface area contributed by atoms with Crippen LogP contribution in [0.2, 0.25) is 0 Å². The van der Waals surface area contributed by atoms with Gasteiger partial charge in [0.25, 0.3) is 0 Å². The zero-order valence-electron chi connectivity index (χ0n) is 13.2. The van der Waals surface area contributed by atoms with Crippen molar-refractivity contribution in [3.8, 4) is 5.75 Å². The molecular weight excluding hydrogens is 312 g/mol. The third kappa shape index (κ3) is 6.61. The molecule has 0 aliphatic carbocycles. The molecule has 4 nitrogen and oxygen atoms in total. The first-order valence-corrected chi connectivity index (χ1v) is 7.44. The lowest BCUT2D eigenvalue weighted by Crippen LogP contribution is -2.28. The normalized spacial score (nSPS) is 9.78. The van der Waals surface area contributed by atoms with Crippen LogP contribution in [-0.4, -0.2) is 19.1 Å². The summed E-state index contributed by atoms with van der Waals surface area (Å²) >= 11 is 0. The first-order chi connectivity index (χ1) is 10.6. The lowest BCUT2D eigenvalue weighted by atomic mass is 10.1. The molecule has 0 saturated carbocycles. The number of halogens is 1. The van der Waals surface area contributed by atoms with Crippen LogP contribution in [0.4, 0.5) is 5.69 Å². The number of ether oxygens (including phenoxy) is 1. The van der Waals surface area contributed by atoms with Crippen LogP contribution in [0, 0.1) is 6.92 Å². The number of amides is 1. The number of rotatable bonds is 7. The van der Waals surface area contributed by atoms with Crippen LogP contribution in [0.5, 0.6) is 5.75 Å². The Labute approximate surface area is 143 Å². The van der Waals surface area contributed by atoms with E-state index in [2.05, 4.69) is 5.32 Å². The van der Waals surface area contributed by atoms with Gasteiger partial charge < -0.3 is 15.8 Å². The maximum absolute atomic E-state index is 11.8. The number of carbonyl (C=O) groups excluding carboxylic acids is 1. The monoisotopic (exact) mass is 334 g/mol. The van der Waals surface area contributed by atoms with E-state index in [4.69, 9.17) is 10.5 Å². The zero-order valence-corrected chi connectivity index (χ0v) is 14.1. The molecule has 0 fully saturated rings. The van der Waals surface area contributed by atoms with Crippen molar-refractivity contribution in [2.24, 2.45) is 0 Å². The summed E-state index contributed by atoms with van der Waals surface area (Å²) < 4.78 is 5.58. The molecule has 3 N–H and O–H groups in total. The Morgan fingerprint density at radius 1 is 1.17 bits per heavy atom. The van der Waals surface area contributed by atoms with Crippen molar-refractivity contribution in [3.63, 3.8) is 0 Å². The van der Waals surface area contributed by atoms with E-state index < -0.39 is 0 Å². The minimum atomic E-state index is 0. The topological polar surface area (TPSA) is 64.3 Å². The Morgan fingerprint density at radius 2 is 1.96 bits per heavy atom. The van der Waals surface area contributed by atoms with E-state index >= 15 is 0 Å². The van der Waals surface area contributed by atoms with Gasteiger partial charge in [0.05, 0.1) is 6.54 Å². The minimum absolute atomic E-state index is 0. The van der Waals surface area contributed by atoms with Crippen molar-refractivity contribution >= 4 is 24.0 Å². The highest BCUT2D eigenvalue weighted by molar-refractivity contribution is 5.85. The molecule has 0 saturated heterocycles. The van der Waals surface area contributed by atoms with Crippen molar-refractivity contribution in [2.45, 2.75) is 19.8 Å². The fourth-order valence-electron chi connectivity index (χ4n) is 2.16. The average molecular weight is 335 g/mol. The summed E-state index contributed by atoms with van der Waals surface area (Å²) in [6, 6.07) is 15.5. The SMILES string of the molecule is Cc1cccc(OCCNC(=O)CCc2ccccc2N)c1.Cl. The predicted molar refractivity (Wildman–Crippen MR) is 96.1 cm³/mol. The quantitative estimate of drug-likeness (QED) is 0.604. The van der Waals surface area contributed by atoms with E-state index in [1.54, 1.807) is 0 Å². The Bertz CT molecular complexity index is 632. The Hall–Kier alpha value is -2.20. The molecule has 0 aromatic heterocycles. The summed E-state index contributed by atoms with van der Waals surface area (Å²) in [5.41, 5.74) is 8.75. The number of nitrogen functional groups attached to an aromatic ring is 1. The molecule has 2 aromatic carbocycles. The van der Waals surface area contributed by atoms with Crippen molar-refractivity contribution < 1.29 is 9.53 Å². The number of para-hydroxylation sites is 1. The van der Waals surface area contributed by atoms with Crippen molar-refractivity contribution in [1.82, 2.24) is 5.32 Å². The molecule has 124 valence electrons. The maximum atomic E-state index is 11.8. The first-order valence-electron chi connectivity index (χ1n) is 7.44. The molecule has 0 spiro atoms. The molecule has 0 unspecified atom stereocenters. The lowest BCUT2D eigenvalue weighted by molar-refractivity contribution is -0.121. The molecule has 0 aliphatic rings. The molecule has 23 heavy (non-hydrogen) atoms. The number of hydrogen-bond donors (Lipinski definition) is 2. The largest absolute Gasteiger partial charge is 0.492 e. The van der Waals surface area contributed by atoms with Gasteiger partial charge in [-0.15, -0.1) is 12.4 Å². The third-order valence-electron chi connectivity index (χ3n) is 3.36. The first kappa shape index (κ1) is 18.8. The van der Waals surface area contributed by atoms with Gasteiger partial charge >= 0.3 is 0 Å². The second-order valence-electron chi connectivity index (χ2n) is 5.21. The van der Waals surface area contributed by atoms with Crippen LogP contribution >= 0.6 is 12.4 Å². The minimum Gasteiger partial charge on any atom is -0.492 e. The maximum Gasteiger partial charge on any atom is 0.220 e. The summed E-state index contributed by atoms with van der Waals surface area (Å²) in [5.74, 6) is 0.836. The third-order valence-corrected chi connectivity index (χ3v) is 3.36. The number of carbonyl (C=O) groups is 1. The summed E-state index contributed by atoms with van der Waals surface area (Å²) in [4.78, 5) is 11.8. The Kier molecular flexibility index (Phi) is 7.98. The number of nitrogens with one attached hydrogen (secondary N) is 1. The van der Waals surface area contributed by atoms with E-state index in [1.165, 1.54) is 0 Å². The number of hydrogen-bond acceptors (Lipinski definition) is 3. The van der Waals surface area contributed by atoms with Gasteiger partial charge in [0.2, 0.25) is 5.91 Å². The van der Waals surface area contributed by atoms with Crippen LogP contribution in [-0.2, 0) is 11.2 Å². The molecule has 0 bridgehead atoms. The highest BCUT2D eigenvalue weighted by Gasteiger charge is 2.04. The van der Waals surface area contributed by atoms with Crippen molar-refractivity contribution in [1.29, 1.82) is 0 Å². The van der Waals surface area contributed by atoms with E-state index in [9.17, 15) is 4.79 Å². The molecule has 2 aromatic rings. The molecular formula is C18H23ClN2O2. The number of aryl methyl sites for hydroxylation is 2. The van der Waals surface area contributed by atoms with Crippen LogP contribution < -0.4 is 15.8 Å². The summed E-state index contributed by atoms with van der Waals surface area (Å²) in [7, 11) is 0. The second kappa shape index (κ2) is 9.74. The van der Waals surface area contributed by atoms with E-state index in [-0.39, 0.29) is 18.3 Å². The molecule has 0 atom stereocenters. The molecule has 1 amide bonds. The Morgan fingerprint density at radius 3 is 2.70 bits per heavy atom. The van der Waals surface area contributed by atoms with E-state index in [0.29, 0.717) is 26.0 Å². The van der Waals surface area contributed by atoms with Crippen LogP contribution in [0.25, 0.3) is 0 Å². The molecule has 0 heterocycles. The fraction of sp³-hybridized carbons (Fsp3) is 0.278. The molecule has 0 radical (unpaired) electrons. The van der Waals surface area contributed by atoms with Gasteiger partial charge in [-0.1, -0.05) is 30.3 Å².